The van der Waals surface area contributed by atoms with Crippen molar-refractivity contribution in [3.8, 4) is 0 Å². The van der Waals surface area contributed by atoms with E-state index in [9.17, 15) is 0 Å². The third-order valence-electron chi connectivity index (χ3n) is 4.22. The van der Waals surface area contributed by atoms with Crippen molar-refractivity contribution in [2.75, 3.05) is 13.1 Å². The van der Waals surface area contributed by atoms with E-state index in [-0.39, 0.29) is 0 Å². The molecule has 0 aliphatic carbocycles. The molecule has 0 aromatic carbocycles. The minimum absolute atomic E-state index is 0.356. The Morgan fingerprint density at radius 2 is 2.35 bits per heavy atom. The number of aromatic nitrogens is 4. The summed E-state index contributed by atoms with van der Waals surface area (Å²) < 4.78 is 5.63. The van der Waals surface area contributed by atoms with Gasteiger partial charge in [-0.3, -0.25) is 10.00 Å². The Balaban J connectivity index is 1.64. The van der Waals surface area contributed by atoms with Gasteiger partial charge in [-0.25, -0.2) is 0 Å². The van der Waals surface area contributed by atoms with Gasteiger partial charge in [0, 0.05) is 25.7 Å². The van der Waals surface area contributed by atoms with E-state index in [1.54, 1.807) is 0 Å². The quantitative estimate of drug-likeness (QED) is 0.923. The molecule has 20 heavy (non-hydrogen) atoms. The highest BCUT2D eigenvalue weighted by Crippen LogP contribution is 2.31. The maximum absolute atomic E-state index is 5.63. The number of nitrogens with one attached hydrogen (secondary N) is 1. The first kappa shape index (κ1) is 13.3. The van der Waals surface area contributed by atoms with Gasteiger partial charge in [-0.15, -0.1) is 10.2 Å². The second-order valence-corrected chi connectivity index (χ2v) is 5.54. The lowest BCUT2D eigenvalue weighted by atomic mass is 9.90. The van der Waals surface area contributed by atoms with Gasteiger partial charge in [0.05, 0.1) is 12.1 Å². The predicted octanol–water partition coefficient (Wildman–Crippen LogP) is 1.91. The molecule has 1 N–H and O–H groups in total. The molecular weight excluding hydrogens is 254 g/mol. The molecule has 0 saturated carbocycles. The number of nitrogens with zero attached hydrogens (tertiary/aromatic N) is 4. The second kappa shape index (κ2) is 5.75. The summed E-state index contributed by atoms with van der Waals surface area (Å²) in [7, 11) is 0. The summed E-state index contributed by atoms with van der Waals surface area (Å²) in [4.78, 5) is 2.51. The van der Waals surface area contributed by atoms with Crippen LogP contribution in [0.1, 0.15) is 43.0 Å². The first-order chi connectivity index (χ1) is 9.74. The van der Waals surface area contributed by atoms with Crippen molar-refractivity contribution in [3.63, 3.8) is 0 Å². The third kappa shape index (κ3) is 2.75. The molecule has 0 radical (unpaired) electrons. The summed E-state index contributed by atoms with van der Waals surface area (Å²) in [5, 5.41) is 15.0. The van der Waals surface area contributed by atoms with Gasteiger partial charge in [0.25, 0.3) is 0 Å². The van der Waals surface area contributed by atoms with Crippen molar-refractivity contribution >= 4 is 0 Å². The second-order valence-electron chi connectivity index (χ2n) is 5.54. The number of hydrogen-bond acceptors (Lipinski definition) is 5. The number of rotatable bonds is 4. The first-order valence-corrected chi connectivity index (χ1v) is 7.26. The molecule has 108 valence electrons. The fourth-order valence-corrected chi connectivity index (χ4v) is 3.01. The number of aryl methyl sites for hydroxylation is 1. The van der Waals surface area contributed by atoms with Gasteiger partial charge in [-0.1, -0.05) is 0 Å². The van der Waals surface area contributed by atoms with E-state index < -0.39 is 0 Å². The van der Waals surface area contributed by atoms with Gasteiger partial charge in [-0.05, 0) is 38.3 Å². The van der Waals surface area contributed by atoms with E-state index in [0.717, 1.165) is 31.8 Å². The fraction of sp³-hybridized carbons (Fsp3) is 0.643. The van der Waals surface area contributed by atoms with Crippen LogP contribution in [0, 0.1) is 6.92 Å². The van der Waals surface area contributed by atoms with Gasteiger partial charge >= 0.3 is 0 Å². The first-order valence-electron chi connectivity index (χ1n) is 7.26. The smallest absolute Gasteiger partial charge is 0.221 e. The van der Waals surface area contributed by atoms with Gasteiger partial charge in [0.1, 0.15) is 0 Å². The minimum atomic E-state index is 0.356. The predicted molar refractivity (Wildman–Crippen MR) is 74.3 cm³/mol. The lowest BCUT2D eigenvalue weighted by Gasteiger charge is -2.37. The summed E-state index contributed by atoms with van der Waals surface area (Å²) in [6.07, 6.45) is 7.20. The van der Waals surface area contributed by atoms with Crippen molar-refractivity contribution in [2.24, 2.45) is 0 Å². The van der Waals surface area contributed by atoms with Crippen LogP contribution >= 0.6 is 0 Å². The van der Waals surface area contributed by atoms with Crippen LogP contribution in [0.25, 0.3) is 0 Å². The van der Waals surface area contributed by atoms with Crippen LogP contribution in [0.15, 0.2) is 16.8 Å². The molecule has 1 aliphatic heterocycles. The Hall–Kier alpha value is -1.69. The third-order valence-corrected chi connectivity index (χ3v) is 4.22. The van der Waals surface area contributed by atoms with Crippen molar-refractivity contribution in [1.29, 1.82) is 0 Å². The van der Waals surface area contributed by atoms with E-state index in [1.807, 2.05) is 19.3 Å². The standard InChI is InChI=1S/C14H21N5O/c1-10-13(14-18-17-11(2)20-14)4-3-6-19(10)7-5-12-8-15-16-9-12/h8-10,13H,3-7H2,1-2H3,(H,15,16)/t10-,13-/m0/s1. The van der Waals surface area contributed by atoms with Gasteiger partial charge in [-0.2, -0.15) is 5.10 Å². The van der Waals surface area contributed by atoms with Crippen LogP contribution in [-0.4, -0.2) is 44.4 Å². The average molecular weight is 275 g/mol. The monoisotopic (exact) mass is 275 g/mol. The van der Waals surface area contributed by atoms with E-state index in [2.05, 4.69) is 32.2 Å². The van der Waals surface area contributed by atoms with Crippen molar-refractivity contribution in [2.45, 2.75) is 45.1 Å². The molecule has 0 unspecified atom stereocenters. The van der Waals surface area contributed by atoms with E-state index >= 15 is 0 Å². The number of H-pyrrole nitrogens is 1. The normalized spacial score (nSPS) is 24.1. The molecule has 0 bridgehead atoms. The number of aromatic amines is 1. The van der Waals surface area contributed by atoms with Crippen LogP contribution in [0.5, 0.6) is 0 Å². The molecule has 2 atom stereocenters. The molecule has 2 aromatic rings. The maximum Gasteiger partial charge on any atom is 0.221 e. The fourth-order valence-electron chi connectivity index (χ4n) is 3.01. The molecule has 6 heteroatoms. The zero-order chi connectivity index (χ0) is 13.9. The summed E-state index contributed by atoms with van der Waals surface area (Å²) >= 11 is 0. The van der Waals surface area contributed by atoms with Crippen LogP contribution in [-0.2, 0) is 6.42 Å². The van der Waals surface area contributed by atoms with Crippen molar-refractivity contribution < 1.29 is 4.42 Å². The molecule has 0 spiro atoms. The van der Waals surface area contributed by atoms with Crippen LogP contribution in [0.4, 0.5) is 0 Å². The van der Waals surface area contributed by atoms with Gasteiger partial charge in [0.15, 0.2) is 0 Å². The Morgan fingerprint density at radius 3 is 3.05 bits per heavy atom. The zero-order valence-corrected chi connectivity index (χ0v) is 12.0. The topological polar surface area (TPSA) is 70.8 Å². The number of piperidine rings is 1. The lowest BCUT2D eigenvalue weighted by Crippen LogP contribution is -2.43. The zero-order valence-electron chi connectivity index (χ0n) is 12.0. The molecule has 1 fully saturated rings. The molecule has 3 heterocycles. The van der Waals surface area contributed by atoms with Crippen molar-refractivity contribution in [1.82, 2.24) is 25.3 Å². The molecule has 0 amide bonds. The Morgan fingerprint density at radius 1 is 1.45 bits per heavy atom. The number of likely N-dealkylation sites (tertiary alicyclic amines) is 1. The number of hydrogen-bond donors (Lipinski definition) is 1. The highest BCUT2D eigenvalue weighted by Gasteiger charge is 2.32. The maximum atomic E-state index is 5.63. The molecule has 1 saturated heterocycles. The minimum Gasteiger partial charge on any atom is -0.425 e. The van der Waals surface area contributed by atoms with E-state index in [4.69, 9.17) is 4.42 Å². The van der Waals surface area contributed by atoms with Crippen LogP contribution in [0.2, 0.25) is 0 Å². The Labute approximate surface area is 118 Å². The molecule has 6 nitrogen and oxygen atoms in total. The van der Waals surface area contributed by atoms with E-state index in [1.165, 1.54) is 12.0 Å². The molecule has 3 rings (SSSR count). The van der Waals surface area contributed by atoms with Crippen LogP contribution in [0.3, 0.4) is 0 Å². The highest BCUT2D eigenvalue weighted by molar-refractivity contribution is 5.04. The molecule has 1 aliphatic rings. The summed E-state index contributed by atoms with van der Waals surface area (Å²) in [5.74, 6) is 1.81. The largest absolute Gasteiger partial charge is 0.425 e. The van der Waals surface area contributed by atoms with Crippen LogP contribution < -0.4 is 0 Å². The lowest BCUT2D eigenvalue weighted by molar-refractivity contribution is 0.127. The highest BCUT2D eigenvalue weighted by atomic mass is 16.4. The summed E-state index contributed by atoms with van der Waals surface area (Å²) in [5.41, 5.74) is 1.26. The summed E-state index contributed by atoms with van der Waals surface area (Å²) in [6, 6.07) is 0.440. The Kier molecular flexibility index (Phi) is 3.82. The molecule has 2 aromatic heterocycles. The van der Waals surface area contributed by atoms with Crippen molar-refractivity contribution in [3.05, 3.63) is 29.7 Å². The molecular formula is C14H21N5O. The summed E-state index contributed by atoms with van der Waals surface area (Å²) in [6.45, 7) is 6.30. The van der Waals surface area contributed by atoms with Gasteiger partial charge < -0.3 is 4.42 Å². The van der Waals surface area contributed by atoms with E-state index in [0.29, 0.717) is 17.9 Å². The Bertz CT molecular complexity index is 536. The van der Waals surface area contributed by atoms with Gasteiger partial charge in [0.2, 0.25) is 11.8 Å². The average Bonchev–Trinajstić information content (AvgIpc) is 3.09. The SMILES string of the molecule is Cc1nnc([C@H]2CCCN(CCc3cn[nH]c3)[C@H]2C)o1.